The second-order valence-corrected chi connectivity index (χ2v) is 5.63. The summed E-state index contributed by atoms with van der Waals surface area (Å²) in [5.74, 6) is -0.386. The van der Waals surface area contributed by atoms with E-state index in [0.29, 0.717) is 6.54 Å². The van der Waals surface area contributed by atoms with E-state index in [-0.39, 0.29) is 29.8 Å². The quantitative estimate of drug-likeness (QED) is 0.649. The van der Waals surface area contributed by atoms with Gasteiger partial charge in [-0.25, -0.2) is 13.8 Å². The molecule has 0 spiro atoms. The molecule has 0 radical (unpaired) electrons. The molecule has 2 aromatic heterocycles. The van der Waals surface area contributed by atoms with E-state index >= 15 is 0 Å². The lowest BCUT2D eigenvalue weighted by molar-refractivity contribution is -0.143. The Morgan fingerprint density at radius 1 is 1.00 bits per heavy atom. The SMILES string of the molecule is CCCNc1nc(NC(CC)C(F)(F)F)nc(-c2cccc(C(F)F)n2)n1. The molecule has 11 heteroatoms. The van der Waals surface area contributed by atoms with Crippen molar-refractivity contribution >= 4 is 11.9 Å². The highest BCUT2D eigenvalue weighted by atomic mass is 19.4. The molecular weight excluding hydrogens is 371 g/mol. The summed E-state index contributed by atoms with van der Waals surface area (Å²) < 4.78 is 64.8. The van der Waals surface area contributed by atoms with Crippen molar-refractivity contribution in [1.82, 2.24) is 19.9 Å². The molecule has 148 valence electrons. The lowest BCUT2D eigenvalue weighted by Gasteiger charge is -2.20. The van der Waals surface area contributed by atoms with E-state index in [1.54, 1.807) is 0 Å². The van der Waals surface area contributed by atoms with Gasteiger partial charge < -0.3 is 10.6 Å². The number of anilines is 2. The number of hydrogen-bond donors (Lipinski definition) is 2. The van der Waals surface area contributed by atoms with E-state index < -0.39 is 24.3 Å². The highest BCUT2D eigenvalue weighted by Gasteiger charge is 2.38. The van der Waals surface area contributed by atoms with Crippen molar-refractivity contribution in [3.05, 3.63) is 23.9 Å². The molecule has 0 fully saturated rings. The van der Waals surface area contributed by atoms with Crippen molar-refractivity contribution in [3.63, 3.8) is 0 Å². The Kier molecular flexibility index (Phi) is 6.81. The molecule has 0 aliphatic carbocycles. The molecule has 0 amide bonds. The van der Waals surface area contributed by atoms with Gasteiger partial charge in [0, 0.05) is 6.54 Å². The van der Waals surface area contributed by atoms with Gasteiger partial charge in [-0.15, -0.1) is 0 Å². The molecule has 0 aliphatic heterocycles. The minimum absolute atomic E-state index is 0.0119. The fourth-order valence-corrected chi connectivity index (χ4v) is 2.14. The van der Waals surface area contributed by atoms with Crippen molar-refractivity contribution in [2.75, 3.05) is 17.2 Å². The molecular formula is C16H19F5N6. The van der Waals surface area contributed by atoms with Gasteiger partial charge in [0.1, 0.15) is 17.4 Å². The number of nitrogens with zero attached hydrogens (tertiary/aromatic N) is 4. The number of nitrogens with one attached hydrogen (secondary N) is 2. The lowest BCUT2D eigenvalue weighted by Crippen LogP contribution is -2.36. The van der Waals surface area contributed by atoms with Gasteiger partial charge in [0.25, 0.3) is 6.43 Å². The van der Waals surface area contributed by atoms with Crippen LogP contribution >= 0.6 is 0 Å². The third-order valence-corrected chi connectivity index (χ3v) is 3.50. The first-order chi connectivity index (χ1) is 12.7. The van der Waals surface area contributed by atoms with Gasteiger partial charge in [-0.1, -0.05) is 19.9 Å². The van der Waals surface area contributed by atoms with Crippen LogP contribution in [-0.2, 0) is 0 Å². The molecule has 0 saturated heterocycles. The zero-order valence-corrected chi connectivity index (χ0v) is 14.7. The van der Waals surface area contributed by atoms with Crippen LogP contribution in [0.2, 0.25) is 0 Å². The van der Waals surface area contributed by atoms with E-state index in [0.717, 1.165) is 12.5 Å². The first-order valence-corrected chi connectivity index (χ1v) is 8.33. The molecule has 0 bridgehead atoms. The van der Waals surface area contributed by atoms with Gasteiger partial charge in [-0.2, -0.15) is 28.1 Å². The fourth-order valence-electron chi connectivity index (χ4n) is 2.14. The minimum atomic E-state index is -4.49. The van der Waals surface area contributed by atoms with Gasteiger partial charge in [0.15, 0.2) is 5.82 Å². The second-order valence-electron chi connectivity index (χ2n) is 5.63. The maximum absolute atomic E-state index is 13.0. The fraction of sp³-hybridized carbons (Fsp3) is 0.500. The van der Waals surface area contributed by atoms with Crippen LogP contribution in [0.4, 0.5) is 33.8 Å². The summed E-state index contributed by atoms with van der Waals surface area (Å²) in [4.78, 5) is 15.7. The lowest BCUT2D eigenvalue weighted by atomic mass is 10.2. The Labute approximate surface area is 152 Å². The maximum Gasteiger partial charge on any atom is 0.408 e. The van der Waals surface area contributed by atoms with Crippen LogP contribution in [-0.4, -0.2) is 38.7 Å². The average molecular weight is 390 g/mol. The molecule has 27 heavy (non-hydrogen) atoms. The van der Waals surface area contributed by atoms with Crippen LogP contribution in [0.1, 0.15) is 38.8 Å². The van der Waals surface area contributed by atoms with Crippen molar-refractivity contribution in [2.45, 2.75) is 45.3 Å². The predicted octanol–water partition coefficient (Wildman–Crippen LogP) is 4.45. The molecule has 2 rings (SSSR count). The third kappa shape index (κ3) is 5.69. The molecule has 1 unspecified atom stereocenters. The number of aromatic nitrogens is 4. The minimum Gasteiger partial charge on any atom is -0.354 e. The summed E-state index contributed by atoms with van der Waals surface area (Å²) in [6, 6.07) is 2.04. The Hall–Kier alpha value is -2.59. The van der Waals surface area contributed by atoms with E-state index in [1.807, 2.05) is 6.92 Å². The zero-order valence-electron chi connectivity index (χ0n) is 14.7. The van der Waals surface area contributed by atoms with E-state index in [2.05, 4.69) is 30.6 Å². The Morgan fingerprint density at radius 3 is 2.30 bits per heavy atom. The van der Waals surface area contributed by atoms with E-state index in [1.165, 1.54) is 19.1 Å². The maximum atomic E-state index is 13.0. The summed E-state index contributed by atoms with van der Waals surface area (Å²) in [5.41, 5.74) is -0.468. The van der Waals surface area contributed by atoms with Gasteiger partial charge in [0.2, 0.25) is 11.9 Å². The molecule has 2 N–H and O–H groups in total. The van der Waals surface area contributed by atoms with Gasteiger partial charge in [-0.3, -0.25) is 0 Å². The summed E-state index contributed by atoms with van der Waals surface area (Å²) in [6.07, 6.45) is -6.80. The third-order valence-electron chi connectivity index (χ3n) is 3.50. The average Bonchev–Trinajstić information content (AvgIpc) is 2.63. The number of hydrogen-bond acceptors (Lipinski definition) is 6. The monoisotopic (exact) mass is 390 g/mol. The molecule has 2 heterocycles. The van der Waals surface area contributed by atoms with E-state index in [9.17, 15) is 22.0 Å². The van der Waals surface area contributed by atoms with Gasteiger partial charge in [-0.05, 0) is 25.0 Å². The summed E-state index contributed by atoms with van der Waals surface area (Å²) in [6.45, 7) is 3.74. The summed E-state index contributed by atoms with van der Waals surface area (Å²) >= 11 is 0. The highest BCUT2D eigenvalue weighted by Crippen LogP contribution is 2.26. The smallest absolute Gasteiger partial charge is 0.354 e. The van der Waals surface area contributed by atoms with Crippen LogP contribution in [0.25, 0.3) is 11.5 Å². The molecule has 6 nitrogen and oxygen atoms in total. The van der Waals surface area contributed by atoms with Crippen molar-refractivity contribution in [1.29, 1.82) is 0 Å². The first kappa shape index (κ1) is 20.7. The van der Waals surface area contributed by atoms with Crippen molar-refractivity contribution < 1.29 is 22.0 Å². The van der Waals surface area contributed by atoms with Crippen LogP contribution in [0.15, 0.2) is 18.2 Å². The van der Waals surface area contributed by atoms with Crippen molar-refractivity contribution in [3.8, 4) is 11.5 Å². The normalized spacial score (nSPS) is 12.9. The first-order valence-electron chi connectivity index (χ1n) is 8.33. The number of pyridine rings is 1. The summed E-state index contributed by atoms with van der Waals surface area (Å²) in [5, 5.41) is 5.08. The number of halogens is 5. The zero-order chi connectivity index (χ0) is 20.0. The van der Waals surface area contributed by atoms with E-state index in [4.69, 9.17) is 0 Å². The molecule has 1 atom stereocenters. The van der Waals surface area contributed by atoms with Crippen LogP contribution in [0.5, 0.6) is 0 Å². The van der Waals surface area contributed by atoms with Crippen LogP contribution in [0.3, 0.4) is 0 Å². The summed E-state index contributed by atoms with van der Waals surface area (Å²) in [7, 11) is 0. The standard InChI is InChI=1S/C16H19F5N6/c1-3-8-22-14-25-13(10-7-5-6-9(23-10)12(17)18)26-15(27-14)24-11(4-2)16(19,20)21/h5-7,11-12H,3-4,8H2,1-2H3,(H2,22,24,25,26,27). The molecule has 0 aromatic carbocycles. The Balaban J connectivity index is 2.43. The Morgan fingerprint density at radius 2 is 1.70 bits per heavy atom. The number of rotatable bonds is 8. The predicted molar refractivity (Wildman–Crippen MR) is 90.6 cm³/mol. The number of alkyl halides is 5. The topological polar surface area (TPSA) is 75.6 Å². The largest absolute Gasteiger partial charge is 0.408 e. The van der Waals surface area contributed by atoms with Crippen LogP contribution < -0.4 is 10.6 Å². The van der Waals surface area contributed by atoms with Gasteiger partial charge >= 0.3 is 6.18 Å². The molecule has 0 aliphatic rings. The van der Waals surface area contributed by atoms with Crippen LogP contribution in [0, 0.1) is 0 Å². The molecule has 2 aromatic rings. The molecule has 0 saturated carbocycles. The van der Waals surface area contributed by atoms with Gasteiger partial charge in [0.05, 0.1) is 0 Å². The second kappa shape index (κ2) is 8.87. The Bertz CT molecular complexity index is 752. The highest BCUT2D eigenvalue weighted by molar-refractivity contribution is 5.54. The van der Waals surface area contributed by atoms with Crippen molar-refractivity contribution in [2.24, 2.45) is 0 Å².